The Hall–Kier alpha value is -1.31. The number of benzene rings is 1. The standard InChI is InChI=1S/C14H18ClNO5S/c1-8-3-6-10(15)12(14(17)18)13(8)16-22(19,20)7-11(21-2)9-4-5-9/h3,6,9,11,16H,4-5,7H2,1-2H3,(H,17,18). The first-order chi connectivity index (χ1) is 10.2. The van der Waals surface area contributed by atoms with E-state index in [0.29, 0.717) is 5.56 Å². The van der Waals surface area contributed by atoms with Crippen LogP contribution in [-0.4, -0.2) is 38.5 Å². The Morgan fingerprint density at radius 1 is 1.50 bits per heavy atom. The molecule has 1 saturated carbocycles. The number of aromatic carboxylic acids is 1. The molecule has 0 bridgehead atoms. The van der Waals surface area contributed by atoms with Crippen molar-refractivity contribution in [2.24, 2.45) is 5.92 Å². The van der Waals surface area contributed by atoms with Gasteiger partial charge < -0.3 is 9.84 Å². The third kappa shape index (κ3) is 3.91. The number of carbonyl (C=O) groups is 1. The quantitative estimate of drug-likeness (QED) is 0.790. The minimum atomic E-state index is -3.74. The summed E-state index contributed by atoms with van der Waals surface area (Å²) in [4.78, 5) is 11.3. The first-order valence-electron chi connectivity index (χ1n) is 6.81. The van der Waals surface area contributed by atoms with E-state index in [4.69, 9.17) is 16.3 Å². The molecule has 2 N–H and O–H groups in total. The number of rotatable bonds is 7. The van der Waals surface area contributed by atoms with Crippen LogP contribution in [0, 0.1) is 12.8 Å². The van der Waals surface area contributed by atoms with Crippen molar-refractivity contribution in [1.29, 1.82) is 0 Å². The molecular weight excluding hydrogens is 330 g/mol. The van der Waals surface area contributed by atoms with Gasteiger partial charge in [-0.2, -0.15) is 0 Å². The van der Waals surface area contributed by atoms with Crippen LogP contribution >= 0.6 is 11.6 Å². The molecule has 0 aromatic heterocycles. The Morgan fingerprint density at radius 3 is 2.64 bits per heavy atom. The summed E-state index contributed by atoms with van der Waals surface area (Å²) < 4.78 is 32.2. The zero-order chi connectivity index (χ0) is 16.5. The number of carboxylic acid groups (broad SMARTS) is 1. The van der Waals surface area contributed by atoms with Gasteiger partial charge in [-0.25, -0.2) is 13.2 Å². The van der Waals surface area contributed by atoms with Crippen LogP contribution in [0.15, 0.2) is 12.1 Å². The van der Waals surface area contributed by atoms with Crippen LogP contribution in [0.3, 0.4) is 0 Å². The Labute approximate surface area is 134 Å². The lowest BCUT2D eigenvalue weighted by molar-refractivity contribution is 0.0698. The Balaban J connectivity index is 2.29. The van der Waals surface area contributed by atoms with Gasteiger partial charge in [-0.15, -0.1) is 0 Å². The minimum Gasteiger partial charge on any atom is -0.478 e. The van der Waals surface area contributed by atoms with Crippen molar-refractivity contribution in [2.75, 3.05) is 17.6 Å². The fourth-order valence-electron chi connectivity index (χ4n) is 2.30. The number of ether oxygens (including phenoxy) is 1. The summed E-state index contributed by atoms with van der Waals surface area (Å²) in [6.45, 7) is 1.62. The fraction of sp³-hybridized carbons (Fsp3) is 0.500. The van der Waals surface area contributed by atoms with Crippen molar-refractivity contribution >= 4 is 33.3 Å². The molecule has 0 amide bonds. The number of aryl methyl sites for hydroxylation is 1. The Kier molecular flexibility index (Phi) is 4.99. The first-order valence-corrected chi connectivity index (χ1v) is 8.84. The molecule has 2 rings (SSSR count). The van der Waals surface area contributed by atoms with E-state index in [9.17, 15) is 18.3 Å². The highest BCUT2D eigenvalue weighted by atomic mass is 35.5. The molecule has 1 atom stereocenters. The lowest BCUT2D eigenvalue weighted by atomic mass is 10.1. The molecule has 0 spiro atoms. The second kappa shape index (κ2) is 6.44. The topological polar surface area (TPSA) is 92.7 Å². The van der Waals surface area contributed by atoms with Crippen molar-refractivity contribution in [1.82, 2.24) is 0 Å². The molecular formula is C14H18ClNO5S. The van der Waals surface area contributed by atoms with Gasteiger partial charge in [-0.1, -0.05) is 17.7 Å². The summed E-state index contributed by atoms with van der Waals surface area (Å²) >= 11 is 5.88. The maximum absolute atomic E-state index is 12.3. The molecule has 1 aliphatic carbocycles. The van der Waals surface area contributed by atoms with Gasteiger partial charge >= 0.3 is 5.97 Å². The number of halogens is 1. The van der Waals surface area contributed by atoms with Crippen molar-refractivity contribution in [3.05, 3.63) is 28.3 Å². The monoisotopic (exact) mass is 347 g/mol. The zero-order valence-electron chi connectivity index (χ0n) is 12.3. The summed E-state index contributed by atoms with van der Waals surface area (Å²) in [6, 6.07) is 3.00. The van der Waals surface area contributed by atoms with Gasteiger partial charge in [0.1, 0.15) is 5.56 Å². The number of methoxy groups -OCH3 is 1. The van der Waals surface area contributed by atoms with Crippen molar-refractivity contribution in [3.8, 4) is 0 Å². The summed E-state index contributed by atoms with van der Waals surface area (Å²) in [6.07, 6.45) is 1.51. The number of hydrogen-bond donors (Lipinski definition) is 2. The molecule has 1 unspecified atom stereocenters. The third-order valence-electron chi connectivity index (χ3n) is 3.67. The van der Waals surface area contributed by atoms with Crippen LogP contribution < -0.4 is 4.72 Å². The highest BCUT2D eigenvalue weighted by Gasteiger charge is 2.35. The normalized spacial score (nSPS) is 16.3. The van der Waals surface area contributed by atoms with Crippen LogP contribution in [0.1, 0.15) is 28.8 Å². The average Bonchev–Trinajstić information content (AvgIpc) is 3.24. The maximum Gasteiger partial charge on any atom is 0.339 e. The van der Waals surface area contributed by atoms with Crippen molar-refractivity contribution in [2.45, 2.75) is 25.9 Å². The van der Waals surface area contributed by atoms with E-state index in [1.165, 1.54) is 13.2 Å². The largest absolute Gasteiger partial charge is 0.478 e. The van der Waals surface area contributed by atoms with E-state index in [1.54, 1.807) is 13.0 Å². The summed E-state index contributed by atoms with van der Waals surface area (Å²) in [5.41, 5.74) is 0.252. The lowest BCUT2D eigenvalue weighted by Gasteiger charge is -2.18. The number of sulfonamides is 1. The summed E-state index contributed by atoms with van der Waals surface area (Å²) in [5.74, 6) is -1.24. The van der Waals surface area contributed by atoms with Crippen LogP contribution in [0.4, 0.5) is 5.69 Å². The van der Waals surface area contributed by atoms with Gasteiger partial charge in [-0.3, -0.25) is 4.72 Å². The van der Waals surface area contributed by atoms with Gasteiger partial charge in [0.25, 0.3) is 0 Å². The predicted octanol–water partition coefficient (Wildman–Crippen LogP) is 2.51. The number of carboxylic acids is 1. The molecule has 1 aromatic carbocycles. The number of nitrogens with one attached hydrogen (secondary N) is 1. The SMILES string of the molecule is COC(CS(=O)(=O)Nc1c(C)ccc(Cl)c1C(=O)O)C1CC1. The summed E-state index contributed by atoms with van der Waals surface area (Å²) in [7, 11) is -2.27. The van der Waals surface area contributed by atoms with Crippen LogP contribution in [0.2, 0.25) is 5.02 Å². The van der Waals surface area contributed by atoms with Gasteiger partial charge in [0.2, 0.25) is 10.0 Å². The molecule has 0 heterocycles. The second-order valence-corrected chi connectivity index (χ2v) is 7.59. The Bertz CT molecular complexity index is 685. The fourth-order valence-corrected chi connectivity index (χ4v) is 4.04. The molecule has 0 radical (unpaired) electrons. The van der Waals surface area contributed by atoms with Crippen LogP contribution in [0.5, 0.6) is 0 Å². The molecule has 122 valence electrons. The van der Waals surface area contributed by atoms with Crippen molar-refractivity contribution in [3.63, 3.8) is 0 Å². The molecule has 1 aromatic rings. The molecule has 0 aliphatic heterocycles. The van der Waals surface area contributed by atoms with Crippen molar-refractivity contribution < 1.29 is 23.1 Å². The van der Waals surface area contributed by atoms with E-state index in [0.717, 1.165) is 12.8 Å². The molecule has 1 aliphatic rings. The first kappa shape index (κ1) is 17.1. The smallest absolute Gasteiger partial charge is 0.339 e. The van der Waals surface area contributed by atoms with E-state index >= 15 is 0 Å². The number of anilines is 1. The van der Waals surface area contributed by atoms with Gasteiger partial charge in [0.15, 0.2) is 0 Å². The molecule has 0 saturated heterocycles. The van der Waals surface area contributed by atoms with E-state index in [-0.39, 0.29) is 34.0 Å². The maximum atomic E-state index is 12.3. The predicted molar refractivity (Wildman–Crippen MR) is 84.1 cm³/mol. The lowest BCUT2D eigenvalue weighted by Crippen LogP contribution is -2.30. The highest BCUT2D eigenvalue weighted by Crippen LogP contribution is 2.35. The third-order valence-corrected chi connectivity index (χ3v) is 5.27. The van der Waals surface area contributed by atoms with Crippen LogP contribution in [-0.2, 0) is 14.8 Å². The van der Waals surface area contributed by atoms with Gasteiger partial charge in [0.05, 0.1) is 22.6 Å². The van der Waals surface area contributed by atoms with E-state index < -0.39 is 16.0 Å². The van der Waals surface area contributed by atoms with Gasteiger partial charge in [0, 0.05) is 7.11 Å². The van der Waals surface area contributed by atoms with E-state index in [1.807, 2.05) is 0 Å². The molecule has 6 nitrogen and oxygen atoms in total. The Morgan fingerprint density at radius 2 is 2.14 bits per heavy atom. The second-order valence-electron chi connectivity index (χ2n) is 5.41. The summed E-state index contributed by atoms with van der Waals surface area (Å²) in [5, 5.41) is 9.24. The zero-order valence-corrected chi connectivity index (χ0v) is 13.9. The molecule has 22 heavy (non-hydrogen) atoms. The number of hydrogen-bond acceptors (Lipinski definition) is 4. The van der Waals surface area contributed by atoms with Crippen LogP contribution in [0.25, 0.3) is 0 Å². The minimum absolute atomic E-state index is 0.00523. The van der Waals surface area contributed by atoms with Gasteiger partial charge in [-0.05, 0) is 37.3 Å². The average molecular weight is 348 g/mol. The molecule has 1 fully saturated rings. The highest BCUT2D eigenvalue weighted by molar-refractivity contribution is 7.92. The molecule has 8 heteroatoms. The van der Waals surface area contributed by atoms with E-state index in [2.05, 4.69) is 4.72 Å².